The van der Waals surface area contributed by atoms with E-state index in [-0.39, 0.29) is 24.3 Å². The zero-order chi connectivity index (χ0) is 24.8. The van der Waals surface area contributed by atoms with Crippen LogP contribution < -0.4 is 5.32 Å². The highest BCUT2D eigenvalue weighted by Crippen LogP contribution is 2.46. The van der Waals surface area contributed by atoms with Crippen LogP contribution in [0.3, 0.4) is 0 Å². The van der Waals surface area contributed by atoms with Crippen LogP contribution in [0.1, 0.15) is 58.8 Å². The summed E-state index contributed by atoms with van der Waals surface area (Å²) in [6, 6.07) is 12.3. The van der Waals surface area contributed by atoms with Gasteiger partial charge in [-0.05, 0) is 35.8 Å². The summed E-state index contributed by atoms with van der Waals surface area (Å²) in [5.41, 5.74) is -0.942. The van der Waals surface area contributed by atoms with Gasteiger partial charge in [0, 0.05) is 17.8 Å². The van der Waals surface area contributed by atoms with Gasteiger partial charge in [-0.15, -0.1) is 11.3 Å². The largest absolute Gasteiger partial charge is 0.481 e. The Morgan fingerprint density at radius 3 is 2.53 bits per heavy atom. The van der Waals surface area contributed by atoms with Crippen molar-refractivity contribution in [2.75, 3.05) is 6.54 Å². The lowest BCUT2D eigenvalue weighted by molar-refractivity contribution is -0.271. The summed E-state index contributed by atoms with van der Waals surface area (Å²) < 4.78 is 48.6. The van der Waals surface area contributed by atoms with Gasteiger partial charge in [-0.25, -0.2) is 0 Å². The SMILES string of the molecule is CCC[C@@H](O[C@]1(C(F)(F)F)C=CC(c2ccccc2)=CC1)c1ccc(C(=O)NCCC(=O)O)s1. The Kier molecular flexibility index (Phi) is 8.33. The quantitative estimate of drug-likeness (QED) is 0.416. The topological polar surface area (TPSA) is 75.6 Å². The molecule has 0 bridgehead atoms. The van der Waals surface area contributed by atoms with E-state index in [2.05, 4.69) is 5.32 Å². The summed E-state index contributed by atoms with van der Waals surface area (Å²) in [5.74, 6) is -1.50. The number of benzene rings is 1. The molecular weight excluding hydrogens is 467 g/mol. The van der Waals surface area contributed by atoms with Crippen LogP contribution in [0.2, 0.25) is 0 Å². The first-order chi connectivity index (χ1) is 16.1. The van der Waals surface area contributed by atoms with E-state index in [0.29, 0.717) is 23.3 Å². The number of thiophene rings is 1. The molecule has 1 aromatic heterocycles. The number of aliphatic carboxylic acids is 1. The maximum Gasteiger partial charge on any atom is 0.421 e. The number of allylic oxidation sites excluding steroid dienone is 2. The summed E-state index contributed by atoms with van der Waals surface area (Å²) in [6.45, 7) is 1.82. The average molecular weight is 494 g/mol. The fourth-order valence-electron chi connectivity index (χ4n) is 3.62. The Labute approximate surface area is 199 Å². The molecule has 2 aromatic rings. The van der Waals surface area contributed by atoms with E-state index in [9.17, 15) is 22.8 Å². The van der Waals surface area contributed by atoms with Crippen molar-refractivity contribution < 1.29 is 32.6 Å². The van der Waals surface area contributed by atoms with Crippen LogP contribution in [0.5, 0.6) is 0 Å². The van der Waals surface area contributed by atoms with E-state index in [1.54, 1.807) is 12.1 Å². The molecule has 0 saturated carbocycles. The van der Waals surface area contributed by atoms with E-state index in [4.69, 9.17) is 9.84 Å². The average Bonchev–Trinajstić information content (AvgIpc) is 3.29. The molecule has 2 N–H and O–H groups in total. The molecule has 1 heterocycles. The van der Waals surface area contributed by atoms with Crippen molar-refractivity contribution in [3.05, 3.63) is 76.0 Å². The first-order valence-corrected chi connectivity index (χ1v) is 11.8. The van der Waals surface area contributed by atoms with Crippen molar-refractivity contribution in [2.24, 2.45) is 0 Å². The number of rotatable bonds is 10. The van der Waals surface area contributed by atoms with Gasteiger partial charge < -0.3 is 15.2 Å². The van der Waals surface area contributed by atoms with Crippen LogP contribution in [0, 0.1) is 0 Å². The van der Waals surface area contributed by atoms with E-state index in [0.717, 1.165) is 23.0 Å². The van der Waals surface area contributed by atoms with Crippen molar-refractivity contribution in [1.29, 1.82) is 0 Å². The molecule has 1 aromatic carbocycles. The fourth-order valence-corrected chi connectivity index (χ4v) is 4.61. The molecule has 182 valence electrons. The molecule has 0 aliphatic heterocycles. The van der Waals surface area contributed by atoms with Gasteiger partial charge in [0.05, 0.1) is 17.4 Å². The molecule has 1 aliphatic carbocycles. The van der Waals surface area contributed by atoms with Gasteiger partial charge in [-0.2, -0.15) is 13.2 Å². The van der Waals surface area contributed by atoms with Gasteiger partial charge in [0.25, 0.3) is 5.91 Å². The third kappa shape index (κ3) is 6.15. The number of carbonyl (C=O) groups excluding carboxylic acids is 1. The number of alkyl halides is 3. The number of halogens is 3. The number of hydrogen-bond acceptors (Lipinski definition) is 4. The Morgan fingerprint density at radius 1 is 1.21 bits per heavy atom. The Hall–Kier alpha value is -2.91. The van der Waals surface area contributed by atoms with Gasteiger partial charge >= 0.3 is 12.1 Å². The summed E-state index contributed by atoms with van der Waals surface area (Å²) >= 11 is 1.05. The van der Waals surface area contributed by atoms with Crippen LogP contribution in [0.15, 0.2) is 60.7 Å². The molecule has 0 unspecified atom stereocenters. The van der Waals surface area contributed by atoms with Crippen molar-refractivity contribution in [3.8, 4) is 0 Å². The molecule has 0 saturated heterocycles. The van der Waals surface area contributed by atoms with Crippen LogP contribution in [-0.4, -0.2) is 35.3 Å². The predicted molar refractivity (Wildman–Crippen MR) is 125 cm³/mol. The summed E-state index contributed by atoms with van der Waals surface area (Å²) in [4.78, 5) is 23.7. The second kappa shape index (κ2) is 11.0. The number of carbonyl (C=O) groups is 2. The number of amides is 1. The number of carboxylic acid groups (broad SMARTS) is 1. The van der Waals surface area contributed by atoms with E-state index in [1.165, 1.54) is 12.1 Å². The molecule has 2 atom stereocenters. The maximum atomic E-state index is 14.3. The predicted octanol–water partition coefficient (Wildman–Crippen LogP) is 6.16. The minimum absolute atomic E-state index is 0.0334. The number of ether oxygens (including phenoxy) is 1. The highest BCUT2D eigenvalue weighted by Gasteiger charge is 2.55. The molecule has 0 spiro atoms. The highest BCUT2D eigenvalue weighted by molar-refractivity contribution is 7.14. The Balaban J connectivity index is 1.79. The summed E-state index contributed by atoms with van der Waals surface area (Å²) in [6.07, 6.45) is -1.04. The molecule has 34 heavy (non-hydrogen) atoms. The van der Waals surface area contributed by atoms with Crippen LogP contribution in [0.4, 0.5) is 13.2 Å². The van der Waals surface area contributed by atoms with Gasteiger partial charge in [-0.1, -0.05) is 55.8 Å². The van der Waals surface area contributed by atoms with Crippen molar-refractivity contribution in [2.45, 2.75) is 50.5 Å². The Bertz CT molecular complexity index is 1060. The van der Waals surface area contributed by atoms with Gasteiger partial charge in [0.2, 0.25) is 0 Å². The van der Waals surface area contributed by atoms with E-state index < -0.39 is 29.8 Å². The summed E-state index contributed by atoms with van der Waals surface area (Å²) in [5, 5.41) is 11.2. The van der Waals surface area contributed by atoms with Crippen LogP contribution >= 0.6 is 11.3 Å². The second-order valence-electron chi connectivity index (χ2n) is 7.95. The highest BCUT2D eigenvalue weighted by atomic mass is 32.1. The van der Waals surface area contributed by atoms with Crippen LogP contribution in [0.25, 0.3) is 5.57 Å². The van der Waals surface area contributed by atoms with Crippen LogP contribution in [-0.2, 0) is 9.53 Å². The van der Waals surface area contributed by atoms with Gasteiger partial charge in [0.1, 0.15) is 0 Å². The molecule has 5 nitrogen and oxygen atoms in total. The van der Waals surface area contributed by atoms with Crippen molar-refractivity contribution in [3.63, 3.8) is 0 Å². The fraction of sp³-hybridized carbons (Fsp3) is 0.360. The zero-order valence-electron chi connectivity index (χ0n) is 18.6. The molecule has 1 aliphatic rings. The lowest BCUT2D eigenvalue weighted by atomic mass is 9.88. The molecule has 3 rings (SSSR count). The molecule has 9 heteroatoms. The third-order valence-corrected chi connectivity index (χ3v) is 6.62. The van der Waals surface area contributed by atoms with Gasteiger partial charge in [0.15, 0.2) is 5.60 Å². The molecule has 0 radical (unpaired) electrons. The smallest absolute Gasteiger partial charge is 0.421 e. The van der Waals surface area contributed by atoms with E-state index >= 15 is 0 Å². The zero-order valence-corrected chi connectivity index (χ0v) is 19.4. The van der Waals surface area contributed by atoms with E-state index in [1.807, 2.05) is 37.3 Å². The maximum absolute atomic E-state index is 14.3. The number of carboxylic acids is 1. The van der Waals surface area contributed by atoms with Gasteiger partial charge in [-0.3, -0.25) is 9.59 Å². The first kappa shape index (κ1) is 25.7. The normalized spacial score (nSPS) is 18.9. The summed E-state index contributed by atoms with van der Waals surface area (Å²) in [7, 11) is 0. The molecule has 1 amide bonds. The molecule has 0 fully saturated rings. The van der Waals surface area contributed by atoms with Crippen molar-refractivity contribution >= 4 is 28.8 Å². The first-order valence-electron chi connectivity index (χ1n) is 10.9. The second-order valence-corrected chi connectivity index (χ2v) is 9.06. The monoisotopic (exact) mass is 493 g/mol. The standard InChI is InChI=1S/C25H26F3NO4S/c1-2-6-19(20-9-10-21(34-20)23(32)29-16-13-22(30)31)33-24(25(26,27)28)14-11-18(12-15-24)17-7-4-3-5-8-17/h3-5,7-12,14,19H,2,6,13,15-16H2,1H3,(H,29,32)(H,30,31)/t19-,24-/m1/s1. The lowest BCUT2D eigenvalue weighted by Gasteiger charge is -2.37. The minimum Gasteiger partial charge on any atom is -0.481 e. The lowest BCUT2D eigenvalue weighted by Crippen LogP contribution is -2.47. The Morgan fingerprint density at radius 2 is 1.94 bits per heavy atom. The number of hydrogen-bond donors (Lipinski definition) is 2. The van der Waals surface area contributed by atoms with Crippen molar-refractivity contribution in [1.82, 2.24) is 5.32 Å². The number of nitrogens with one attached hydrogen (secondary N) is 1. The molecular formula is C25H26F3NO4S. The minimum atomic E-state index is -4.64. The third-order valence-electron chi connectivity index (χ3n) is 5.44.